The van der Waals surface area contributed by atoms with Crippen molar-refractivity contribution in [3.05, 3.63) is 0 Å². The molecule has 21 heavy (non-hydrogen) atoms. The number of rotatable bonds is 4. The first kappa shape index (κ1) is 16.6. The van der Waals surface area contributed by atoms with Crippen LogP contribution in [0.4, 0.5) is 8.78 Å². The summed E-state index contributed by atoms with van der Waals surface area (Å²) >= 11 is 0. The van der Waals surface area contributed by atoms with Crippen LogP contribution in [0.5, 0.6) is 0 Å². The molecule has 2 aliphatic heterocycles. The number of nitrogens with zero attached hydrogens (tertiary/aromatic N) is 2. The fourth-order valence-corrected chi connectivity index (χ4v) is 3.33. The zero-order valence-electron chi connectivity index (χ0n) is 13.0. The largest absolute Gasteiger partial charge is 0.381 e. The number of hydrogen-bond donors (Lipinski definition) is 0. The van der Waals surface area contributed by atoms with Crippen LogP contribution in [0.15, 0.2) is 0 Å². The molecule has 2 fully saturated rings. The molecular formula is C15H26F2N2O2. The summed E-state index contributed by atoms with van der Waals surface area (Å²) in [5.41, 5.74) is 0. The second kappa shape index (κ2) is 7.01. The van der Waals surface area contributed by atoms with E-state index in [-0.39, 0.29) is 25.1 Å². The third kappa shape index (κ3) is 4.13. The Kier molecular flexibility index (Phi) is 5.54. The molecule has 0 aromatic carbocycles. The minimum atomic E-state index is -2.67. The van der Waals surface area contributed by atoms with E-state index in [0.717, 1.165) is 12.8 Å². The number of likely N-dealkylation sites (tertiary alicyclic amines) is 2. The van der Waals surface area contributed by atoms with Crippen LogP contribution in [-0.4, -0.2) is 67.6 Å². The molecule has 0 aromatic rings. The summed E-state index contributed by atoms with van der Waals surface area (Å²) in [6.07, 6.45) is 2.85. The summed E-state index contributed by atoms with van der Waals surface area (Å²) in [6, 6.07) is 0. The van der Waals surface area contributed by atoms with Gasteiger partial charge in [-0.2, -0.15) is 0 Å². The molecule has 0 bridgehead atoms. The van der Waals surface area contributed by atoms with Crippen molar-refractivity contribution in [1.82, 2.24) is 9.80 Å². The van der Waals surface area contributed by atoms with Crippen molar-refractivity contribution in [2.75, 3.05) is 39.8 Å². The molecule has 6 heteroatoms. The number of piperidine rings is 2. The predicted molar refractivity (Wildman–Crippen MR) is 76.4 cm³/mol. The number of alkyl halides is 2. The second-order valence-electron chi connectivity index (χ2n) is 6.18. The third-order valence-electron chi connectivity index (χ3n) is 4.81. The van der Waals surface area contributed by atoms with Gasteiger partial charge in [0.25, 0.3) is 5.92 Å². The minimum absolute atomic E-state index is 0.0321. The average Bonchev–Trinajstić information content (AvgIpc) is 2.46. The van der Waals surface area contributed by atoms with Gasteiger partial charge in [0.15, 0.2) is 0 Å². The van der Waals surface area contributed by atoms with Gasteiger partial charge in [0.2, 0.25) is 5.91 Å². The van der Waals surface area contributed by atoms with Crippen LogP contribution < -0.4 is 0 Å². The van der Waals surface area contributed by atoms with Gasteiger partial charge in [0.05, 0.1) is 19.2 Å². The number of carbonyl (C=O) groups excluding carboxylic acids is 1. The molecule has 0 aliphatic carbocycles. The van der Waals surface area contributed by atoms with Crippen molar-refractivity contribution in [3.8, 4) is 0 Å². The quantitative estimate of drug-likeness (QED) is 0.796. The molecule has 4 nitrogen and oxygen atoms in total. The molecule has 2 rings (SSSR count). The SMILES string of the molecule is CCC1CCN(CC(=O)N2CCC(OC)CC2)CC1(F)F. The van der Waals surface area contributed by atoms with Crippen LogP contribution >= 0.6 is 0 Å². The van der Waals surface area contributed by atoms with Crippen LogP contribution in [0.2, 0.25) is 0 Å². The number of methoxy groups -OCH3 is 1. The topological polar surface area (TPSA) is 32.8 Å². The zero-order valence-corrected chi connectivity index (χ0v) is 13.0. The number of hydrogen-bond acceptors (Lipinski definition) is 3. The highest BCUT2D eigenvalue weighted by molar-refractivity contribution is 5.78. The van der Waals surface area contributed by atoms with Gasteiger partial charge in [0, 0.05) is 26.1 Å². The van der Waals surface area contributed by atoms with E-state index in [9.17, 15) is 13.6 Å². The van der Waals surface area contributed by atoms with E-state index in [2.05, 4.69) is 0 Å². The maximum atomic E-state index is 13.9. The van der Waals surface area contributed by atoms with E-state index in [4.69, 9.17) is 4.74 Å². The maximum Gasteiger partial charge on any atom is 0.263 e. The summed E-state index contributed by atoms with van der Waals surface area (Å²) in [5, 5.41) is 0. The number of amides is 1. The molecule has 2 aliphatic rings. The standard InChI is InChI=1S/C15H26F2N2O2/c1-3-12-4-7-18(11-15(12,16)17)10-14(20)19-8-5-13(21-2)6-9-19/h12-13H,3-11H2,1-2H3. The lowest BCUT2D eigenvalue weighted by molar-refractivity contribution is -0.141. The number of halogens is 2. The Labute approximate surface area is 125 Å². The number of carbonyl (C=O) groups is 1. The van der Waals surface area contributed by atoms with Crippen molar-refractivity contribution in [3.63, 3.8) is 0 Å². The predicted octanol–water partition coefficient (Wildman–Crippen LogP) is 1.99. The van der Waals surface area contributed by atoms with Crippen molar-refractivity contribution < 1.29 is 18.3 Å². The summed E-state index contributed by atoms with van der Waals surface area (Å²) in [4.78, 5) is 15.6. The summed E-state index contributed by atoms with van der Waals surface area (Å²) in [7, 11) is 1.68. The summed E-state index contributed by atoms with van der Waals surface area (Å²) < 4.78 is 33.1. The maximum absolute atomic E-state index is 13.9. The molecule has 0 aromatic heterocycles. The molecule has 1 amide bonds. The Balaban J connectivity index is 1.81. The van der Waals surface area contributed by atoms with Gasteiger partial charge in [-0.15, -0.1) is 0 Å². The Hall–Kier alpha value is -0.750. The third-order valence-corrected chi connectivity index (χ3v) is 4.81. The van der Waals surface area contributed by atoms with Crippen molar-refractivity contribution in [2.24, 2.45) is 5.92 Å². The van der Waals surface area contributed by atoms with Gasteiger partial charge in [-0.25, -0.2) is 8.78 Å². The van der Waals surface area contributed by atoms with Gasteiger partial charge >= 0.3 is 0 Å². The lowest BCUT2D eigenvalue weighted by Crippen LogP contribution is -2.52. The lowest BCUT2D eigenvalue weighted by Gasteiger charge is -2.39. The molecule has 0 spiro atoms. The molecule has 2 heterocycles. The Morgan fingerprint density at radius 3 is 2.43 bits per heavy atom. The van der Waals surface area contributed by atoms with Gasteiger partial charge < -0.3 is 9.64 Å². The van der Waals surface area contributed by atoms with Gasteiger partial charge in [-0.3, -0.25) is 9.69 Å². The molecule has 0 radical (unpaired) electrons. The summed E-state index contributed by atoms with van der Waals surface area (Å²) in [5.74, 6) is -3.24. The monoisotopic (exact) mass is 304 g/mol. The van der Waals surface area contributed by atoms with E-state index >= 15 is 0 Å². The molecule has 2 saturated heterocycles. The molecular weight excluding hydrogens is 278 g/mol. The van der Waals surface area contributed by atoms with Crippen LogP contribution in [0, 0.1) is 5.92 Å². The van der Waals surface area contributed by atoms with Crippen LogP contribution in [0.25, 0.3) is 0 Å². The van der Waals surface area contributed by atoms with Crippen LogP contribution in [-0.2, 0) is 9.53 Å². The molecule has 122 valence electrons. The van der Waals surface area contributed by atoms with Gasteiger partial charge in [-0.05, 0) is 32.2 Å². The highest BCUT2D eigenvalue weighted by Crippen LogP contribution is 2.34. The molecule has 1 atom stereocenters. The summed E-state index contributed by atoms with van der Waals surface area (Å²) in [6.45, 7) is 3.56. The van der Waals surface area contributed by atoms with E-state index in [0.29, 0.717) is 32.5 Å². The van der Waals surface area contributed by atoms with Crippen molar-refractivity contribution >= 4 is 5.91 Å². The van der Waals surface area contributed by atoms with Crippen molar-refractivity contribution in [2.45, 2.75) is 44.6 Å². The first-order valence-corrected chi connectivity index (χ1v) is 7.87. The minimum Gasteiger partial charge on any atom is -0.381 e. The Bertz CT molecular complexity index is 358. The molecule has 1 unspecified atom stereocenters. The first-order valence-electron chi connectivity index (χ1n) is 7.87. The van der Waals surface area contributed by atoms with Crippen LogP contribution in [0.1, 0.15) is 32.6 Å². The van der Waals surface area contributed by atoms with E-state index in [1.54, 1.807) is 23.8 Å². The van der Waals surface area contributed by atoms with Gasteiger partial charge in [-0.1, -0.05) is 6.92 Å². The fraction of sp³-hybridized carbons (Fsp3) is 0.933. The Morgan fingerprint density at radius 2 is 1.90 bits per heavy atom. The lowest BCUT2D eigenvalue weighted by atomic mass is 9.90. The first-order chi connectivity index (χ1) is 9.96. The fourth-order valence-electron chi connectivity index (χ4n) is 3.33. The zero-order chi connectivity index (χ0) is 15.5. The number of ether oxygens (including phenoxy) is 1. The van der Waals surface area contributed by atoms with E-state index in [1.165, 1.54) is 0 Å². The second-order valence-corrected chi connectivity index (χ2v) is 6.18. The molecule has 0 N–H and O–H groups in total. The normalized spacial score (nSPS) is 27.8. The van der Waals surface area contributed by atoms with Crippen molar-refractivity contribution in [1.29, 1.82) is 0 Å². The molecule has 0 saturated carbocycles. The smallest absolute Gasteiger partial charge is 0.263 e. The highest BCUT2D eigenvalue weighted by atomic mass is 19.3. The van der Waals surface area contributed by atoms with E-state index < -0.39 is 11.8 Å². The Morgan fingerprint density at radius 1 is 1.24 bits per heavy atom. The van der Waals surface area contributed by atoms with Gasteiger partial charge in [0.1, 0.15) is 0 Å². The van der Waals surface area contributed by atoms with E-state index in [1.807, 2.05) is 0 Å². The average molecular weight is 304 g/mol. The highest BCUT2D eigenvalue weighted by Gasteiger charge is 2.43. The van der Waals surface area contributed by atoms with Crippen LogP contribution in [0.3, 0.4) is 0 Å².